The van der Waals surface area contributed by atoms with Crippen LogP contribution in [0.2, 0.25) is 0 Å². The summed E-state index contributed by atoms with van der Waals surface area (Å²) in [5.74, 6) is -0.832. The number of allylic oxidation sites excluding steroid dienone is 4. The molecule has 51 heavy (non-hydrogen) atoms. The van der Waals surface area contributed by atoms with Crippen LogP contribution in [-0.4, -0.2) is 49.3 Å². The Hall–Kier alpha value is -1.51. The van der Waals surface area contributed by atoms with Crippen LogP contribution >= 0.6 is 7.82 Å². The number of esters is 2. The lowest BCUT2D eigenvalue weighted by Crippen LogP contribution is -2.29. The second kappa shape index (κ2) is 38.2. The molecule has 0 radical (unpaired) electrons. The summed E-state index contributed by atoms with van der Waals surface area (Å²) in [6, 6.07) is 0. The number of hydrogen-bond acceptors (Lipinski definition) is 8. The second-order valence-electron chi connectivity index (χ2n) is 13.9. The molecule has 2 atom stereocenters. The zero-order chi connectivity index (χ0) is 37.5. The lowest BCUT2D eigenvalue weighted by molar-refractivity contribution is -0.161. The van der Waals surface area contributed by atoms with E-state index < -0.39 is 26.5 Å². The number of unbranched alkanes of at least 4 members (excludes halogenated alkanes) is 22. The summed E-state index contributed by atoms with van der Waals surface area (Å²) in [5, 5.41) is 0. The van der Waals surface area contributed by atoms with Gasteiger partial charge >= 0.3 is 19.8 Å². The smallest absolute Gasteiger partial charge is 0.462 e. The van der Waals surface area contributed by atoms with Crippen LogP contribution in [0, 0.1) is 0 Å². The number of phosphoric acid groups is 1. The van der Waals surface area contributed by atoms with E-state index in [1.807, 2.05) is 0 Å². The predicted molar refractivity (Wildman–Crippen MR) is 211 cm³/mol. The molecule has 0 saturated heterocycles. The Morgan fingerprint density at radius 3 is 1.53 bits per heavy atom. The zero-order valence-corrected chi connectivity index (χ0v) is 33.7. The predicted octanol–water partition coefficient (Wildman–Crippen LogP) is 11.6. The van der Waals surface area contributed by atoms with Gasteiger partial charge < -0.3 is 20.1 Å². The first kappa shape index (κ1) is 49.5. The number of phosphoric ester groups is 1. The first-order valence-electron chi connectivity index (χ1n) is 20.8. The van der Waals surface area contributed by atoms with Crippen molar-refractivity contribution >= 4 is 19.8 Å². The Morgan fingerprint density at radius 2 is 1.02 bits per heavy atom. The molecular weight excluding hydrogens is 665 g/mol. The number of rotatable bonds is 39. The fourth-order valence-electron chi connectivity index (χ4n) is 5.72. The maximum atomic E-state index is 12.5. The second-order valence-corrected chi connectivity index (χ2v) is 15.3. The fraction of sp³-hybridized carbons (Fsp3) is 0.854. The summed E-state index contributed by atoms with van der Waals surface area (Å²) in [7, 11) is -4.37. The van der Waals surface area contributed by atoms with Crippen molar-refractivity contribution in [3.63, 3.8) is 0 Å². The molecule has 0 aromatic rings. The van der Waals surface area contributed by atoms with Gasteiger partial charge in [0.05, 0.1) is 13.2 Å². The first-order chi connectivity index (χ1) is 24.8. The fourth-order valence-corrected chi connectivity index (χ4v) is 6.49. The van der Waals surface area contributed by atoms with Crippen molar-refractivity contribution in [2.45, 2.75) is 200 Å². The van der Waals surface area contributed by atoms with Crippen LogP contribution in [0.4, 0.5) is 0 Å². The van der Waals surface area contributed by atoms with Crippen LogP contribution in [-0.2, 0) is 32.7 Å². The van der Waals surface area contributed by atoms with E-state index >= 15 is 0 Å². The van der Waals surface area contributed by atoms with Gasteiger partial charge in [0.15, 0.2) is 6.10 Å². The Morgan fingerprint density at radius 1 is 0.588 bits per heavy atom. The molecule has 0 aromatic carbocycles. The number of hydrogen-bond donors (Lipinski definition) is 2. The van der Waals surface area contributed by atoms with Gasteiger partial charge in [-0.1, -0.05) is 160 Å². The van der Waals surface area contributed by atoms with E-state index in [1.54, 1.807) is 0 Å². The van der Waals surface area contributed by atoms with Crippen LogP contribution in [0.15, 0.2) is 24.3 Å². The molecule has 0 aliphatic rings. The van der Waals surface area contributed by atoms with E-state index in [0.29, 0.717) is 6.42 Å². The Labute approximate surface area is 312 Å². The number of carbonyl (C=O) groups is 2. The topological polar surface area (TPSA) is 134 Å². The van der Waals surface area contributed by atoms with Gasteiger partial charge in [-0.3, -0.25) is 18.6 Å². The van der Waals surface area contributed by atoms with E-state index in [2.05, 4.69) is 38.2 Å². The summed E-state index contributed by atoms with van der Waals surface area (Å²) in [6.45, 7) is 3.70. The van der Waals surface area contributed by atoms with Gasteiger partial charge in [0, 0.05) is 19.4 Å². The lowest BCUT2D eigenvalue weighted by Gasteiger charge is -2.19. The minimum absolute atomic E-state index is 0.0538. The Bertz CT molecular complexity index is 897. The van der Waals surface area contributed by atoms with Crippen molar-refractivity contribution in [2.24, 2.45) is 5.73 Å². The molecule has 300 valence electrons. The van der Waals surface area contributed by atoms with Crippen molar-refractivity contribution in [1.82, 2.24) is 0 Å². The summed E-state index contributed by atoms with van der Waals surface area (Å²) in [4.78, 5) is 34.8. The number of nitrogens with two attached hydrogens (primary N) is 1. The van der Waals surface area contributed by atoms with Crippen molar-refractivity contribution in [1.29, 1.82) is 0 Å². The third-order valence-electron chi connectivity index (χ3n) is 8.84. The van der Waals surface area contributed by atoms with Crippen molar-refractivity contribution in [3.05, 3.63) is 24.3 Å². The first-order valence-corrected chi connectivity index (χ1v) is 22.3. The monoisotopic (exact) mass is 744 g/mol. The molecular formula is C41H78NO8P. The molecule has 0 heterocycles. The van der Waals surface area contributed by atoms with E-state index in [0.717, 1.165) is 51.4 Å². The largest absolute Gasteiger partial charge is 0.472 e. The van der Waals surface area contributed by atoms with Gasteiger partial charge in [0.25, 0.3) is 0 Å². The molecule has 0 spiro atoms. The summed E-state index contributed by atoms with van der Waals surface area (Å²) >= 11 is 0. The molecule has 0 aliphatic carbocycles. The Balaban J connectivity index is 4.16. The minimum Gasteiger partial charge on any atom is -0.462 e. The van der Waals surface area contributed by atoms with Gasteiger partial charge in [-0.05, 0) is 44.9 Å². The molecule has 0 rings (SSSR count). The summed E-state index contributed by atoms with van der Waals surface area (Å²) in [5.41, 5.74) is 5.34. The Kier molecular flexibility index (Phi) is 37.1. The zero-order valence-electron chi connectivity index (χ0n) is 32.8. The van der Waals surface area contributed by atoms with E-state index in [4.69, 9.17) is 24.3 Å². The van der Waals surface area contributed by atoms with Gasteiger partial charge in [-0.2, -0.15) is 0 Å². The summed E-state index contributed by atoms with van der Waals surface area (Å²) in [6.07, 6.45) is 39.1. The van der Waals surface area contributed by atoms with Gasteiger partial charge in [-0.25, -0.2) is 4.57 Å². The average Bonchev–Trinajstić information content (AvgIpc) is 3.11. The van der Waals surface area contributed by atoms with Crippen LogP contribution in [0.1, 0.15) is 194 Å². The molecule has 3 N–H and O–H groups in total. The maximum Gasteiger partial charge on any atom is 0.472 e. The molecule has 0 amide bonds. The maximum absolute atomic E-state index is 12.5. The van der Waals surface area contributed by atoms with E-state index in [-0.39, 0.29) is 38.6 Å². The quantitative estimate of drug-likeness (QED) is 0.0273. The van der Waals surface area contributed by atoms with Crippen molar-refractivity contribution in [2.75, 3.05) is 26.4 Å². The average molecular weight is 744 g/mol. The molecule has 0 saturated carbocycles. The van der Waals surface area contributed by atoms with Gasteiger partial charge in [-0.15, -0.1) is 0 Å². The van der Waals surface area contributed by atoms with Gasteiger partial charge in [0.1, 0.15) is 6.61 Å². The number of ether oxygens (including phenoxy) is 2. The molecule has 10 heteroatoms. The number of carbonyl (C=O) groups excluding carboxylic acids is 2. The van der Waals surface area contributed by atoms with Crippen molar-refractivity contribution < 1.29 is 37.6 Å². The van der Waals surface area contributed by atoms with Crippen LogP contribution < -0.4 is 5.73 Å². The third kappa shape index (κ3) is 38.0. The molecule has 9 nitrogen and oxygen atoms in total. The van der Waals surface area contributed by atoms with Crippen LogP contribution in [0.5, 0.6) is 0 Å². The van der Waals surface area contributed by atoms with E-state index in [9.17, 15) is 19.0 Å². The highest BCUT2D eigenvalue weighted by molar-refractivity contribution is 7.47. The molecule has 1 unspecified atom stereocenters. The highest BCUT2D eigenvalue weighted by atomic mass is 31.2. The van der Waals surface area contributed by atoms with Crippen molar-refractivity contribution in [3.8, 4) is 0 Å². The van der Waals surface area contributed by atoms with Crippen LogP contribution in [0.3, 0.4) is 0 Å². The minimum atomic E-state index is -4.37. The third-order valence-corrected chi connectivity index (χ3v) is 9.82. The van der Waals surface area contributed by atoms with Gasteiger partial charge in [0.2, 0.25) is 0 Å². The van der Waals surface area contributed by atoms with Crippen LogP contribution in [0.25, 0.3) is 0 Å². The van der Waals surface area contributed by atoms with E-state index in [1.165, 1.54) is 109 Å². The molecule has 0 aliphatic heterocycles. The summed E-state index contributed by atoms with van der Waals surface area (Å²) < 4.78 is 32.7. The highest BCUT2D eigenvalue weighted by Crippen LogP contribution is 2.43. The molecule has 0 aromatic heterocycles. The SMILES string of the molecule is CCCCC/C=C\C/C=C\CCCCCCCCCC(=O)OC[C@H](COP(=O)(O)OCCN)OC(=O)CCCCCCCCCCCCCCC. The highest BCUT2D eigenvalue weighted by Gasteiger charge is 2.26. The molecule has 0 fully saturated rings. The standard InChI is InChI=1S/C41H78NO8P/c1-3-5-7-9-11-13-15-17-18-19-20-22-23-25-27-29-31-33-40(43)47-37-39(38-49-51(45,46)48-36-35-42)50-41(44)34-32-30-28-26-24-21-16-14-12-10-8-6-4-2/h11,13,17-18,39H,3-10,12,14-16,19-38,42H2,1-2H3,(H,45,46)/b13-11-,18-17-/t39-/m1/s1. The normalized spacial score (nSPS) is 13.6. The molecule has 0 bridgehead atoms. The lowest BCUT2D eigenvalue weighted by atomic mass is 10.0.